The van der Waals surface area contributed by atoms with Crippen molar-refractivity contribution in [3.63, 3.8) is 0 Å². The third-order valence-corrected chi connectivity index (χ3v) is 6.15. The van der Waals surface area contributed by atoms with Crippen molar-refractivity contribution in [3.8, 4) is 11.5 Å². The fourth-order valence-corrected chi connectivity index (χ4v) is 4.24. The molecule has 1 aliphatic rings. The molecular weight excluding hydrogens is 408 g/mol. The van der Waals surface area contributed by atoms with E-state index < -0.39 is 0 Å². The summed E-state index contributed by atoms with van der Waals surface area (Å²) < 4.78 is 0. The lowest BCUT2D eigenvalue weighted by Crippen LogP contribution is -2.21. The average molecular weight is 447 g/mol. The van der Waals surface area contributed by atoms with Gasteiger partial charge in [-0.15, -0.1) is 0 Å². The highest BCUT2D eigenvalue weighted by molar-refractivity contribution is 5.50. The van der Waals surface area contributed by atoms with Crippen LogP contribution in [0.25, 0.3) is 0 Å². The zero-order valence-electron chi connectivity index (χ0n) is 20.1. The third kappa shape index (κ3) is 7.83. The highest BCUT2D eigenvalue weighted by Crippen LogP contribution is 2.24. The number of phenols is 2. The van der Waals surface area contributed by atoms with E-state index in [0.717, 1.165) is 44.7 Å². The summed E-state index contributed by atoms with van der Waals surface area (Å²) in [5, 5.41) is 22.2. The Balaban J connectivity index is 0.000000231. The van der Waals surface area contributed by atoms with Crippen LogP contribution in [0.4, 0.5) is 5.69 Å². The Kier molecular flexibility index (Phi) is 9.64. The Morgan fingerprint density at radius 3 is 2.18 bits per heavy atom. The third-order valence-electron chi connectivity index (χ3n) is 6.15. The Morgan fingerprint density at radius 2 is 1.48 bits per heavy atom. The highest BCUT2D eigenvalue weighted by atomic mass is 16.3. The maximum atomic E-state index is 9.63. The van der Waals surface area contributed by atoms with Crippen LogP contribution in [0.1, 0.15) is 48.9 Å². The SMILES string of the molecule is CCNCCc1ccc(CN(CC)c2cccc(O)c2)cc1.Oc1ccc2c(c1)CCCC2. The topological polar surface area (TPSA) is 55.7 Å². The second kappa shape index (κ2) is 12.9. The number of phenolic OH excluding ortho intramolecular Hbond substituents is 2. The molecule has 176 valence electrons. The van der Waals surface area contributed by atoms with Crippen molar-refractivity contribution in [2.75, 3.05) is 24.5 Å². The van der Waals surface area contributed by atoms with Crippen molar-refractivity contribution >= 4 is 5.69 Å². The molecule has 0 heterocycles. The van der Waals surface area contributed by atoms with E-state index in [2.05, 4.69) is 48.3 Å². The lowest BCUT2D eigenvalue weighted by molar-refractivity contribution is 0.473. The molecule has 0 unspecified atom stereocenters. The van der Waals surface area contributed by atoms with E-state index in [4.69, 9.17) is 0 Å². The van der Waals surface area contributed by atoms with Crippen LogP contribution in [0, 0.1) is 0 Å². The molecule has 0 bridgehead atoms. The van der Waals surface area contributed by atoms with Crippen LogP contribution in [-0.4, -0.2) is 29.8 Å². The van der Waals surface area contributed by atoms with Gasteiger partial charge in [0.1, 0.15) is 11.5 Å². The number of nitrogens with zero attached hydrogens (tertiary/aromatic N) is 1. The largest absolute Gasteiger partial charge is 0.508 e. The summed E-state index contributed by atoms with van der Waals surface area (Å²) in [6.45, 7) is 8.07. The molecule has 1 aliphatic carbocycles. The molecule has 0 atom stereocenters. The lowest BCUT2D eigenvalue weighted by atomic mass is 9.92. The van der Waals surface area contributed by atoms with E-state index >= 15 is 0 Å². The Labute approximate surface area is 198 Å². The molecular formula is C29H38N2O2. The Morgan fingerprint density at radius 1 is 0.788 bits per heavy atom. The summed E-state index contributed by atoms with van der Waals surface area (Å²) in [5.74, 6) is 0.723. The molecule has 0 aromatic heterocycles. The van der Waals surface area contributed by atoms with Gasteiger partial charge < -0.3 is 20.4 Å². The predicted octanol–water partition coefficient (Wildman–Crippen LogP) is 5.84. The van der Waals surface area contributed by atoms with Gasteiger partial charge in [0, 0.05) is 24.8 Å². The quantitative estimate of drug-likeness (QED) is 0.380. The smallest absolute Gasteiger partial charge is 0.117 e. The monoisotopic (exact) mass is 446 g/mol. The van der Waals surface area contributed by atoms with Crippen LogP contribution in [-0.2, 0) is 25.8 Å². The highest BCUT2D eigenvalue weighted by Gasteiger charge is 2.08. The number of hydrogen-bond donors (Lipinski definition) is 3. The van der Waals surface area contributed by atoms with Gasteiger partial charge in [0.15, 0.2) is 0 Å². The maximum absolute atomic E-state index is 9.63. The molecule has 4 heteroatoms. The summed E-state index contributed by atoms with van der Waals surface area (Å²) in [6, 6.07) is 22.0. The van der Waals surface area contributed by atoms with Gasteiger partial charge in [-0.05, 0) is 98.6 Å². The second-order valence-corrected chi connectivity index (χ2v) is 8.61. The van der Waals surface area contributed by atoms with Crippen LogP contribution in [0.2, 0.25) is 0 Å². The van der Waals surface area contributed by atoms with Crippen LogP contribution in [0.3, 0.4) is 0 Å². The number of nitrogens with one attached hydrogen (secondary N) is 1. The van der Waals surface area contributed by atoms with Crippen LogP contribution in [0.15, 0.2) is 66.7 Å². The van der Waals surface area contributed by atoms with Crippen molar-refractivity contribution in [1.29, 1.82) is 0 Å². The van der Waals surface area contributed by atoms with Crippen LogP contribution >= 0.6 is 0 Å². The first kappa shape index (κ1) is 24.7. The average Bonchev–Trinajstić information content (AvgIpc) is 2.84. The molecule has 0 saturated heterocycles. The summed E-state index contributed by atoms with van der Waals surface area (Å²) in [7, 11) is 0. The minimum atomic E-state index is 0.315. The van der Waals surface area contributed by atoms with E-state index in [1.54, 1.807) is 12.1 Å². The summed E-state index contributed by atoms with van der Waals surface area (Å²) >= 11 is 0. The normalized spacial score (nSPS) is 12.4. The molecule has 4 nitrogen and oxygen atoms in total. The molecule has 0 fully saturated rings. The van der Waals surface area contributed by atoms with Crippen LogP contribution < -0.4 is 10.2 Å². The number of aromatic hydroxyl groups is 2. The van der Waals surface area contributed by atoms with Gasteiger partial charge in [0.2, 0.25) is 0 Å². The summed E-state index contributed by atoms with van der Waals surface area (Å²) in [6.07, 6.45) is 5.98. The van der Waals surface area contributed by atoms with E-state index in [0.29, 0.717) is 11.5 Å². The van der Waals surface area contributed by atoms with Gasteiger partial charge in [-0.2, -0.15) is 0 Å². The number of hydrogen-bond acceptors (Lipinski definition) is 4. The molecule has 3 aromatic rings. The number of aryl methyl sites for hydroxylation is 2. The maximum Gasteiger partial charge on any atom is 0.117 e. The van der Waals surface area contributed by atoms with Crippen molar-refractivity contribution in [2.45, 2.75) is 52.5 Å². The molecule has 0 aliphatic heterocycles. The van der Waals surface area contributed by atoms with Gasteiger partial charge in [-0.3, -0.25) is 0 Å². The molecule has 33 heavy (non-hydrogen) atoms. The number of likely N-dealkylation sites (N-methyl/N-ethyl adjacent to an activating group) is 1. The minimum absolute atomic E-state index is 0.315. The zero-order chi connectivity index (χ0) is 23.5. The molecule has 0 saturated carbocycles. The number of benzene rings is 3. The molecule has 0 spiro atoms. The fourth-order valence-electron chi connectivity index (χ4n) is 4.24. The van der Waals surface area contributed by atoms with Crippen LogP contribution in [0.5, 0.6) is 11.5 Å². The van der Waals surface area contributed by atoms with Crippen molar-refractivity contribution in [3.05, 3.63) is 89.0 Å². The second-order valence-electron chi connectivity index (χ2n) is 8.61. The number of fused-ring (bicyclic) bond motifs is 1. The predicted molar refractivity (Wildman–Crippen MR) is 138 cm³/mol. The van der Waals surface area contributed by atoms with E-state index in [9.17, 15) is 10.2 Å². The fraction of sp³-hybridized carbons (Fsp3) is 0.379. The Hall–Kier alpha value is -2.98. The van der Waals surface area contributed by atoms with Crippen molar-refractivity contribution in [1.82, 2.24) is 5.32 Å². The van der Waals surface area contributed by atoms with Gasteiger partial charge in [0.05, 0.1) is 0 Å². The van der Waals surface area contributed by atoms with Crippen molar-refractivity contribution < 1.29 is 10.2 Å². The summed E-state index contributed by atoms with van der Waals surface area (Å²) in [4.78, 5) is 2.26. The molecule has 0 amide bonds. The van der Waals surface area contributed by atoms with Gasteiger partial charge >= 0.3 is 0 Å². The van der Waals surface area contributed by atoms with Crippen molar-refractivity contribution in [2.24, 2.45) is 0 Å². The molecule has 3 N–H and O–H groups in total. The Bertz CT molecular complexity index is 985. The first-order valence-electron chi connectivity index (χ1n) is 12.2. The minimum Gasteiger partial charge on any atom is -0.508 e. The standard InChI is InChI=1S/C19H26N2O.C10H12O/c1-3-20-13-12-16-8-10-17(11-9-16)15-21(4-2)18-6-5-7-19(22)14-18;11-10-6-5-8-3-1-2-4-9(8)7-10/h5-11,14,20,22H,3-4,12-13,15H2,1-2H3;5-7,11H,1-4H2. The summed E-state index contributed by atoms with van der Waals surface area (Å²) in [5.41, 5.74) is 6.48. The van der Waals surface area contributed by atoms with Gasteiger partial charge in [-0.25, -0.2) is 0 Å². The van der Waals surface area contributed by atoms with Gasteiger partial charge in [0.25, 0.3) is 0 Å². The number of rotatable bonds is 8. The molecule has 3 aromatic carbocycles. The molecule has 4 rings (SSSR count). The van der Waals surface area contributed by atoms with E-state index in [1.165, 1.54) is 41.5 Å². The first-order chi connectivity index (χ1) is 16.1. The van der Waals surface area contributed by atoms with Gasteiger partial charge in [-0.1, -0.05) is 43.3 Å². The van der Waals surface area contributed by atoms with E-state index in [1.807, 2.05) is 30.3 Å². The first-order valence-corrected chi connectivity index (χ1v) is 12.2. The van der Waals surface area contributed by atoms with E-state index in [-0.39, 0.29) is 0 Å². The zero-order valence-corrected chi connectivity index (χ0v) is 20.1. The number of anilines is 1. The molecule has 0 radical (unpaired) electrons. The lowest BCUT2D eigenvalue weighted by Gasteiger charge is -2.23.